The molecule has 1 atom stereocenters. The lowest BCUT2D eigenvalue weighted by Gasteiger charge is -2.20. The predicted molar refractivity (Wildman–Crippen MR) is 92.0 cm³/mol. The smallest absolute Gasteiger partial charge is 0.252 e. The third-order valence-corrected chi connectivity index (χ3v) is 4.12. The molecule has 2 aromatic carbocycles. The summed E-state index contributed by atoms with van der Waals surface area (Å²) in [5.74, 6) is -0.533. The van der Waals surface area contributed by atoms with Gasteiger partial charge in [0.15, 0.2) is 0 Å². The third-order valence-electron chi connectivity index (χ3n) is 3.82. The van der Waals surface area contributed by atoms with Gasteiger partial charge >= 0.3 is 0 Å². The first-order valence-corrected chi connectivity index (χ1v) is 7.86. The fourth-order valence-corrected chi connectivity index (χ4v) is 2.69. The number of hydrogen-bond donors (Lipinski definition) is 2. The molecule has 0 fully saturated rings. The van der Waals surface area contributed by atoms with Crippen LogP contribution < -0.4 is 5.32 Å². The molecule has 2 N–H and O–H groups in total. The summed E-state index contributed by atoms with van der Waals surface area (Å²) in [6.07, 6.45) is 3.29. The molecule has 7 heteroatoms. The van der Waals surface area contributed by atoms with E-state index >= 15 is 0 Å². The Morgan fingerprint density at radius 1 is 1.32 bits per heavy atom. The molecule has 1 heterocycles. The normalized spacial score (nSPS) is 12.0. The van der Waals surface area contributed by atoms with Crippen LogP contribution in [0, 0.1) is 5.82 Å². The maximum atomic E-state index is 14.3. The van der Waals surface area contributed by atoms with E-state index in [-0.39, 0.29) is 16.3 Å². The second-order valence-corrected chi connectivity index (χ2v) is 5.90. The maximum absolute atomic E-state index is 14.3. The van der Waals surface area contributed by atoms with Crippen LogP contribution in [-0.2, 0) is 7.05 Å². The highest BCUT2D eigenvalue weighted by molar-refractivity contribution is 6.32. The Morgan fingerprint density at radius 3 is 2.72 bits per heavy atom. The van der Waals surface area contributed by atoms with Gasteiger partial charge in [-0.2, -0.15) is 0 Å². The molecule has 0 aliphatic rings. The summed E-state index contributed by atoms with van der Waals surface area (Å²) in [5.41, 5.74) is 0.549. The molecule has 1 amide bonds. The summed E-state index contributed by atoms with van der Waals surface area (Å²) in [7, 11) is 1.76. The van der Waals surface area contributed by atoms with Gasteiger partial charge in [0, 0.05) is 30.6 Å². The number of carbonyl (C=O) groups excluding carboxylic acids is 1. The number of imidazole rings is 1. The molecule has 5 nitrogen and oxygen atoms in total. The minimum absolute atomic E-state index is 0.0621. The number of aromatic nitrogens is 2. The van der Waals surface area contributed by atoms with Gasteiger partial charge in [0.05, 0.1) is 5.02 Å². The van der Waals surface area contributed by atoms with Gasteiger partial charge < -0.3 is 15.0 Å². The number of phenols is 1. The third kappa shape index (κ3) is 3.49. The number of nitrogens with one attached hydrogen (secondary N) is 1. The average Bonchev–Trinajstić information content (AvgIpc) is 3.01. The van der Waals surface area contributed by atoms with Crippen molar-refractivity contribution in [2.24, 2.45) is 7.05 Å². The number of nitrogens with zero attached hydrogens (tertiary/aromatic N) is 2. The lowest BCUT2D eigenvalue weighted by Crippen LogP contribution is -2.31. The van der Waals surface area contributed by atoms with Crippen LogP contribution in [0.15, 0.2) is 54.9 Å². The largest absolute Gasteiger partial charge is 0.506 e. The van der Waals surface area contributed by atoms with Crippen molar-refractivity contribution in [3.05, 3.63) is 82.6 Å². The van der Waals surface area contributed by atoms with Crippen molar-refractivity contribution < 1.29 is 14.3 Å². The highest BCUT2D eigenvalue weighted by atomic mass is 35.5. The van der Waals surface area contributed by atoms with Crippen molar-refractivity contribution in [3.63, 3.8) is 0 Å². The van der Waals surface area contributed by atoms with Crippen LogP contribution >= 0.6 is 11.6 Å². The van der Waals surface area contributed by atoms with Crippen LogP contribution in [0.1, 0.15) is 27.8 Å². The Bertz CT molecular complexity index is 926. The topological polar surface area (TPSA) is 67.2 Å². The molecule has 3 rings (SSSR count). The Hall–Kier alpha value is -2.86. The Balaban J connectivity index is 1.98. The maximum Gasteiger partial charge on any atom is 0.252 e. The predicted octanol–water partition coefficient (Wildman–Crippen LogP) is 3.44. The molecule has 1 aromatic heterocycles. The van der Waals surface area contributed by atoms with E-state index in [1.54, 1.807) is 42.2 Å². The molecule has 0 saturated heterocycles. The van der Waals surface area contributed by atoms with Crippen molar-refractivity contribution in [2.45, 2.75) is 6.04 Å². The first-order valence-electron chi connectivity index (χ1n) is 7.48. The molecule has 128 valence electrons. The van der Waals surface area contributed by atoms with E-state index < -0.39 is 17.8 Å². The summed E-state index contributed by atoms with van der Waals surface area (Å²) < 4.78 is 16.0. The standard InChI is InChI=1S/C18H15ClFN3O2/c1-23-9-8-21-17(23)16(12-4-2-3-5-14(12)20)22-18(25)11-6-7-15(24)13(19)10-11/h2-10,16,24H,1H3,(H,22,25)/t16-/m1/s1. The van der Waals surface area contributed by atoms with E-state index in [0.29, 0.717) is 11.4 Å². The number of hydrogen-bond acceptors (Lipinski definition) is 3. The summed E-state index contributed by atoms with van der Waals surface area (Å²) >= 11 is 5.86. The lowest BCUT2D eigenvalue weighted by molar-refractivity contribution is 0.0940. The van der Waals surface area contributed by atoms with Crippen molar-refractivity contribution in [1.82, 2.24) is 14.9 Å². The molecule has 0 unspecified atom stereocenters. The van der Waals surface area contributed by atoms with Gasteiger partial charge in [0.1, 0.15) is 23.4 Å². The molecular weight excluding hydrogens is 345 g/mol. The van der Waals surface area contributed by atoms with Crippen molar-refractivity contribution in [3.8, 4) is 5.75 Å². The molecule has 3 aromatic rings. The average molecular weight is 360 g/mol. The number of halogens is 2. The number of phenolic OH excluding ortho intramolecular Hbond substituents is 1. The van der Waals surface area contributed by atoms with Crippen molar-refractivity contribution in [2.75, 3.05) is 0 Å². The first kappa shape index (κ1) is 17.0. The highest BCUT2D eigenvalue weighted by Gasteiger charge is 2.24. The minimum atomic E-state index is -0.777. The fourth-order valence-electron chi connectivity index (χ4n) is 2.51. The zero-order valence-electron chi connectivity index (χ0n) is 13.3. The Kier molecular flexibility index (Phi) is 4.72. The van der Waals surface area contributed by atoms with Crippen molar-refractivity contribution in [1.29, 1.82) is 0 Å². The second kappa shape index (κ2) is 6.94. The van der Waals surface area contributed by atoms with Gasteiger partial charge in [0.25, 0.3) is 5.91 Å². The van der Waals surface area contributed by atoms with Crippen LogP contribution in [0.25, 0.3) is 0 Å². The van der Waals surface area contributed by atoms with E-state index in [0.717, 1.165) is 0 Å². The zero-order valence-corrected chi connectivity index (χ0v) is 14.0. The van der Waals surface area contributed by atoms with Crippen LogP contribution in [0.4, 0.5) is 4.39 Å². The molecule has 0 aliphatic carbocycles. The number of carbonyl (C=O) groups is 1. The van der Waals surface area contributed by atoms with Crippen LogP contribution in [0.3, 0.4) is 0 Å². The minimum Gasteiger partial charge on any atom is -0.506 e. The van der Waals surface area contributed by atoms with Gasteiger partial charge in [-0.15, -0.1) is 0 Å². The molecule has 0 spiro atoms. The lowest BCUT2D eigenvalue weighted by atomic mass is 10.0. The number of benzene rings is 2. The van der Waals surface area contributed by atoms with E-state index in [9.17, 15) is 14.3 Å². The summed E-state index contributed by atoms with van der Waals surface area (Å²) in [6.45, 7) is 0. The van der Waals surface area contributed by atoms with E-state index in [1.165, 1.54) is 24.3 Å². The first-order chi connectivity index (χ1) is 12.0. The second-order valence-electron chi connectivity index (χ2n) is 5.49. The van der Waals surface area contributed by atoms with Crippen LogP contribution in [-0.4, -0.2) is 20.6 Å². The molecular formula is C18H15ClFN3O2. The molecule has 0 aliphatic heterocycles. The van der Waals surface area contributed by atoms with Gasteiger partial charge in [-0.05, 0) is 24.3 Å². The number of aromatic hydroxyl groups is 1. The van der Waals surface area contributed by atoms with Crippen LogP contribution in [0.2, 0.25) is 5.02 Å². The molecule has 25 heavy (non-hydrogen) atoms. The number of amides is 1. The summed E-state index contributed by atoms with van der Waals surface area (Å²) in [5, 5.41) is 12.3. The number of rotatable bonds is 4. The zero-order chi connectivity index (χ0) is 18.0. The van der Waals surface area contributed by atoms with Gasteiger partial charge in [-0.1, -0.05) is 29.8 Å². The molecule has 0 radical (unpaired) electrons. The fraction of sp³-hybridized carbons (Fsp3) is 0.111. The summed E-state index contributed by atoms with van der Waals surface area (Å²) in [6, 6.07) is 9.54. The monoisotopic (exact) mass is 359 g/mol. The number of aryl methyl sites for hydroxylation is 1. The van der Waals surface area contributed by atoms with E-state index in [4.69, 9.17) is 11.6 Å². The van der Waals surface area contributed by atoms with Gasteiger partial charge in [0.2, 0.25) is 0 Å². The summed E-state index contributed by atoms with van der Waals surface area (Å²) in [4.78, 5) is 16.8. The Labute approximate surface area is 148 Å². The quantitative estimate of drug-likeness (QED) is 0.750. The van der Waals surface area contributed by atoms with Gasteiger partial charge in [-0.25, -0.2) is 9.37 Å². The van der Waals surface area contributed by atoms with E-state index in [2.05, 4.69) is 10.3 Å². The SMILES string of the molecule is Cn1ccnc1[C@H](NC(=O)c1ccc(O)c(Cl)c1)c1ccccc1F. The van der Waals surface area contributed by atoms with E-state index in [1.807, 2.05) is 0 Å². The highest BCUT2D eigenvalue weighted by Crippen LogP contribution is 2.26. The molecule has 0 saturated carbocycles. The van der Waals surface area contributed by atoms with Gasteiger partial charge in [-0.3, -0.25) is 4.79 Å². The Morgan fingerprint density at radius 2 is 2.08 bits per heavy atom. The van der Waals surface area contributed by atoms with Crippen molar-refractivity contribution >= 4 is 17.5 Å². The van der Waals surface area contributed by atoms with Crippen LogP contribution in [0.5, 0.6) is 5.75 Å². The molecule has 0 bridgehead atoms.